The number of rotatable bonds is 12. The van der Waals surface area contributed by atoms with Crippen molar-refractivity contribution in [1.82, 2.24) is 0 Å². The van der Waals surface area contributed by atoms with Crippen LogP contribution in [0.15, 0.2) is 11.6 Å². The Kier molecular flexibility index (Phi) is 12.6. The number of hydrogen-bond donors (Lipinski definition) is 0. The second-order valence-electron chi connectivity index (χ2n) is 4.58. The van der Waals surface area contributed by atoms with Crippen molar-refractivity contribution in [3.8, 4) is 0 Å². The molecule has 0 bridgehead atoms. The van der Waals surface area contributed by atoms with Crippen LogP contribution in [-0.2, 0) is 9.53 Å². The molecule has 0 aliphatic carbocycles. The molecule has 1 radical (unpaired) electrons. The van der Waals surface area contributed by atoms with Gasteiger partial charge in [0, 0.05) is 0 Å². The number of carbonyl (C=O) groups is 1. The molecule has 0 atom stereocenters. The minimum absolute atomic E-state index is 0.0442. The zero-order valence-electron chi connectivity index (χ0n) is 11.4. The largest absolute Gasteiger partial charge is 0.461 e. The molecular weight excluding hydrogens is 248 g/mol. The van der Waals surface area contributed by atoms with Gasteiger partial charge >= 0.3 is 5.97 Å². The first-order valence-electron chi connectivity index (χ1n) is 6.99. The zero-order chi connectivity index (χ0) is 13.6. The summed E-state index contributed by atoms with van der Waals surface area (Å²) in [5.74, 6) is -0.498. The summed E-state index contributed by atoms with van der Waals surface area (Å²) in [6, 6.07) is 0. The Morgan fingerprint density at radius 1 is 0.889 bits per heavy atom. The van der Waals surface area contributed by atoms with Gasteiger partial charge in [-0.1, -0.05) is 82.9 Å². The quantitative estimate of drug-likeness (QED) is 0.284. The van der Waals surface area contributed by atoms with E-state index in [1.54, 1.807) is 0 Å². The molecule has 0 unspecified atom stereocenters. The molecule has 3 heteroatoms. The monoisotopic (exact) mass is 273 g/mol. The SMILES string of the molecule is [CH2]CCCCCCCCCCCOC(=O)C(=C)Cl. The molecule has 0 saturated heterocycles. The Hall–Kier alpha value is -0.500. The van der Waals surface area contributed by atoms with Gasteiger partial charge in [0.25, 0.3) is 0 Å². The van der Waals surface area contributed by atoms with Crippen molar-refractivity contribution in [2.45, 2.75) is 64.2 Å². The van der Waals surface area contributed by atoms with Gasteiger partial charge in [0.05, 0.1) is 6.61 Å². The van der Waals surface area contributed by atoms with Crippen LogP contribution in [0.3, 0.4) is 0 Å². The molecule has 0 spiro atoms. The summed E-state index contributed by atoms with van der Waals surface area (Å²) >= 11 is 5.39. The molecule has 0 aromatic carbocycles. The molecule has 0 saturated carbocycles. The second kappa shape index (κ2) is 12.9. The summed E-state index contributed by atoms with van der Waals surface area (Å²) in [5, 5.41) is -0.0442. The topological polar surface area (TPSA) is 26.3 Å². The molecular formula is C15H26ClO2. The molecule has 105 valence electrons. The lowest BCUT2D eigenvalue weighted by molar-refractivity contribution is -0.138. The smallest absolute Gasteiger partial charge is 0.349 e. The predicted molar refractivity (Wildman–Crippen MR) is 77.5 cm³/mol. The van der Waals surface area contributed by atoms with E-state index in [-0.39, 0.29) is 5.03 Å². The zero-order valence-corrected chi connectivity index (χ0v) is 12.1. The van der Waals surface area contributed by atoms with Crippen LogP contribution in [0.4, 0.5) is 0 Å². The number of unbranched alkanes of at least 4 members (excludes halogenated alkanes) is 9. The van der Waals surface area contributed by atoms with E-state index < -0.39 is 5.97 Å². The van der Waals surface area contributed by atoms with Crippen LogP contribution in [0.1, 0.15) is 64.2 Å². The lowest BCUT2D eigenvalue weighted by atomic mass is 10.1. The molecule has 0 aromatic rings. The standard InChI is InChI=1S/C15H26ClO2/c1-3-4-5-6-7-8-9-10-11-12-13-18-15(17)14(2)16/h1-13H2. The molecule has 0 rings (SSSR count). The van der Waals surface area contributed by atoms with E-state index in [9.17, 15) is 4.79 Å². The highest BCUT2D eigenvalue weighted by atomic mass is 35.5. The minimum Gasteiger partial charge on any atom is -0.461 e. The molecule has 0 aliphatic rings. The van der Waals surface area contributed by atoms with Gasteiger partial charge < -0.3 is 4.74 Å². The van der Waals surface area contributed by atoms with Crippen molar-refractivity contribution in [3.63, 3.8) is 0 Å². The molecule has 0 aliphatic heterocycles. The summed E-state index contributed by atoms with van der Waals surface area (Å²) < 4.78 is 4.90. The molecule has 0 N–H and O–H groups in total. The first-order valence-corrected chi connectivity index (χ1v) is 7.37. The minimum atomic E-state index is -0.498. The Bertz CT molecular complexity index is 227. The first kappa shape index (κ1) is 17.5. The molecule has 0 amide bonds. The van der Waals surface area contributed by atoms with Crippen molar-refractivity contribution >= 4 is 17.6 Å². The number of esters is 1. The maximum absolute atomic E-state index is 10.9. The average molecular weight is 274 g/mol. The van der Waals surface area contributed by atoms with Crippen LogP contribution in [0.2, 0.25) is 0 Å². The third kappa shape index (κ3) is 12.0. The molecule has 0 fully saturated rings. The van der Waals surface area contributed by atoms with E-state index in [1.165, 1.54) is 44.9 Å². The van der Waals surface area contributed by atoms with E-state index in [0.29, 0.717) is 6.61 Å². The third-order valence-corrected chi connectivity index (χ3v) is 3.00. The Labute approximate surface area is 117 Å². The fraction of sp³-hybridized carbons (Fsp3) is 0.733. The van der Waals surface area contributed by atoms with E-state index in [2.05, 4.69) is 13.5 Å². The fourth-order valence-electron chi connectivity index (χ4n) is 1.76. The van der Waals surface area contributed by atoms with Crippen molar-refractivity contribution in [2.75, 3.05) is 6.61 Å². The van der Waals surface area contributed by atoms with Crippen LogP contribution >= 0.6 is 11.6 Å². The van der Waals surface area contributed by atoms with Crippen LogP contribution in [0.25, 0.3) is 0 Å². The normalized spacial score (nSPS) is 10.3. The van der Waals surface area contributed by atoms with Gasteiger partial charge in [0.15, 0.2) is 0 Å². The maximum atomic E-state index is 10.9. The van der Waals surface area contributed by atoms with Crippen molar-refractivity contribution in [1.29, 1.82) is 0 Å². The third-order valence-electron chi connectivity index (χ3n) is 2.85. The van der Waals surface area contributed by atoms with Crippen LogP contribution in [0, 0.1) is 6.92 Å². The lowest BCUT2D eigenvalue weighted by Gasteiger charge is -2.04. The van der Waals surface area contributed by atoms with Gasteiger partial charge in [-0.05, 0) is 6.42 Å². The number of halogens is 1. The van der Waals surface area contributed by atoms with Gasteiger partial charge in [-0.2, -0.15) is 0 Å². The summed E-state index contributed by atoms with van der Waals surface area (Å²) in [5.41, 5.74) is 0. The summed E-state index contributed by atoms with van der Waals surface area (Å²) in [6.07, 6.45) is 12.2. The number of hydrogen-bond acceptors (Lipinski definition) is 2. The Morgan fingerprint density at radius 3 is 1.78 bits per heavy atom. The van der Waals surface area contributed by atoms with Gasteiger partial charge in [-0.25, -0.2) is 4.79 Å². The van der Waals surface area contributed by atoms with Gasteiger partial charge in [0.2, 0.25) is 0 Å². The molecule has 0 heterocycles. The highest BCUT2D eigenvalue weighted by Crippen LogP contribution is 2.10. The predicted octanol–water partition coefficient (Wildman–Crippen LogP) is 5.02. The van der Waals surface area contributed by atoms with E-state index in [0.717, 1.165) is 19.3 Å². The summed E-state index contributed by atoms with van der Waals surface area (Å²) in [4.78, 5) is 10.9. The van der Waals surface area contributed by atoms with E-state index in [1.807, 2.05) is 0 Å². The summed E-state index contributed by atoms with van der Waals surface area (Å²) in [6.45, 7) is 7.60. The molecule has 18 heavy (non-hydrogen) atoms. The van der Waals surface area contributed by atoms with Crippen LogP contribution in [0.5, 0.6) is 0 Å². The van der Waals surface area contributed by atoms with E-state index in [4.69, 9.17) is 16.3 Å². The lowest BCUT2D eigenvalue weighted by Crippen LogP contribution is -2.04. The van der Waals surface area contributed by atoms with Gasteiger partial charge in [-0.15, -0.1) is 0 Å². The maximum Gasteiger partial charge on any atom is 0.349 e. The molecule has 2 nitrogen and oxygen atoms in total. The second-order valence-corrected chi connectivity index (χ2v) is 5.03. The van der Waals surface area contributed by atoms with Crippen molar-refractivity contribution < 1.29 is 9.53 Å². The highest BCUT2D eigenvalue weighted by Gasteiger charge is 2.03. The van der Waals surface area contributed by atoms with E-state index >= 15 is 0 Å². The van der Waals surface area contributed by atoms with Crippen LogP contribution in [-0.4, -0.2) is 12.6 Å². The van der Waals surface area contributed by atoms with Gasteiger partial charge in [-0.3, -0.25) is 0 Å². The summed E-state index contributed by atoms with van der Waals surface area (Å²) in [7, 11) is 0. The number of carbonyl (C=O) groups excluding carboxylic acids is 1. The van der Waals surface area contributed by atoms with Crippen molar-refractivity contribution in [2.24, 2.45) is 0 Å². The Balaban J connectivity index is 3.07. The van der Waals surface area contributed by atoms with Gasteiger partial charge in [0.1, 0.15) is 5.03 Å². The number of ether oxygens (including phenoxy) is 1. The average Bonchev–Trinajstić information content (AvgIpc) is 2.35. The first-order chi connectivity index (χ1) is 8.68. The fourth-order valence-corrected chi connectivity index (χ4v) is 1.81. The van der Waals surface area contributed by atoms with Crippen LogP contribution < -0.4 is 0 Å². The highest BCUT2D eigenvalue weighted by molar-refractivity contribution is 6.40. The van der Waals surface area contributed by atoms with Crippen molar-refractivity contribution in [3.05, 3.63) is 18.5 Å². The molecule has 0 aromatic heterocycles. The Morgan fingerprint density at radius 2 is 1.33 bits per heavy atom.